The smallest absolute Gasteiger partial charge is 0.128 e. The van der Waals surface area contributed by atoms with Gasteiger partial charge in [0.1, 0.15) is 11.9 Å². The van der Waals surface area contributed by atoms with Crippen molar-refractivity contribution in [2.75, 3.05) is 49.1 Å². The topological polar surface area (TPSA) is 71.3 Å². The zero-order valence-corrected chi connectivity index (χ0v) is 18.3. The number of rotatable bonds is 2. The Kier molecular flexibility index (Phi) is 4.71. The second kappa shape index (κ2) is 7.73. The third-order valence-electron chi connectivity index (χ3n) is 7.18. The SMILES string of the molecule is CC1CN(c2ccc(C#N)c3ncccc23)CC2c3ccc(N4CCNCC4)nc3CN12. The van der Waals surface area contributed by atoms with Crippen LogP contribution in [0.5, 0.6) is 0 Å². The lowest BCUT2D eigenvalue weighted by molar-refractivity contribution is 0.133. The van der Waals surface area contributed by atoms with Crippen molar-refractivity contribution in [1.82, 2.24) is 20.2 Å². The van der Waals surface area contributed by atoms with E-state index in [1.165, 1.54) is 11.3 Å². The average Bonchev–Trinajstić information content (AvgIpc) is 3.22. The number of anilines is 2. The van der Waals surface area contributed by atoms with E-state index in [-0.39, 0.29) is 0 Å². The largest absolute Gasteiger partial charge is 0.368 e. The zero-order valence-electron chi connectivity index (χ0n) is 18.3. The maximum Gasteiger partial charge on any atom is 0.128 e. The van der Waals surface area contributed by atoms with Crippen LogP contribution in [0.2, 0.25) is 0 Å². The van der Waals surface area contributed by atoms with Gasteiger partial charge in [-0.05, 0) is 42.8 Å². The van der Waals surface area contributed by atoms with Gasteiger partial charge in [-0.15, -0.1) is 0 Å². The van der Waals surface area contributed by atoms with Crippen LogP contribution in [-0.2, 0) is 6.54 Å². The predicted octanol–water partition coefficient (Wildman–Crippen LogP) is 2.68. The van der Waals surface area contributed by atoms with E-state index in [9.17, 15) is 5.26 Å². The molecule has 3 aliphatic rings. The number of aromatic nitrogens is 2. The Bertz CT molecular complexity index is 1210. The van der Waals surface area contributed by atoms with E-state index < -0.39 is 0 Å². The molecule has 7 heteroatoms. The molecule has 6 rings (SSSR count). The van der Waals surface area contributed by atoms with Gasteiger partial charge in [-0.25, -0.2) is 4.98 Å². The van der Waals surface area contributed by atoms with Crippen molar-refractivity contribution in [2.45, 2.75) is 25.6 Å². The van der Waals surface area contributed by atoms with Gasteiger partial charge in [-0.2, -0.15) is 5.26 Å². The monoisotopic (exact) mass is 425 g/mol. The molecule has 2 fully saturated rings. The number of hydrogen-bond donors (Lipinski definition) is 1. The summed E-state index contributed by atoms with van der Waals surface area (Å²) in [5.74, 6) is 1.11. The van der Waals surface area contributed by atoms with E-state index in [2.05, 4.69) is 62.3 Å². The van der Waals surface area contributed by atoms with Crippen LogP contribution in [0.25, 0.3) is 10.9 Å². The van der Waals surface area contributed by atoms with E-state index in [1.807, 2.05) is 12.1 Å². The second-order valence-electron chi connectivity index (χ2n) is 9.03. The lowest BCUT2D eigenvalue weighted by Crippen LogP contribution is -2.51. The molecule has 0 radical (unpaired) electrons. The van der Waals surface area contributed by atoms with Crippen LogP contribution in [0.4, 0.5) is 11.5 Å². The van der Waals surface area contributed by atoms with E-state index in [1.54, 1.807) is 6.20 Å². The van der Waals surface area contributed by atoms with Crippen LogP contribution in [0.3, 0.4) is 0 Å². The summed E-state index contributed by atoms with van der Waals surface area (Å²) in [5, 5.41) is 14.0. The molecule has 0 spiro atoms. The van der Waals surface area contributed by atoms with E-state index >= 15 is 0 Å². The molecule has 32 heavy (non-hydrogen) atoms. The molecule has 2 saturated heterocycles. The van der Waals surface area contributed by atoms with Crippen LogP contribution >= 0.6 is 0 Å². The van der Waals surface area contributed by atoms with Crippen LogP contribution in [0.1, 0.15) is 29.8 Å². The summed E-state index contributed by atoms with van der Waals surface area (Å²) in [6.45, 7) is 9.18. The van der Waals surface area contributed by atoms with Crippen LogP contribution in [0, 0.1) is 11.3 Å². The van der Waals surface area contributed by atoms with Gasteiger partial charge < -0.3 is 15.1 Å². The number of nitriles is 1. The Labute approximate surface area is 188 Å². The molecular weight excluding hydrogens is 398 g/mol. The number of fused-ring (bicyclic) bond motifs is 4. The van der Waals surface area contributed by atoms with Gasteiger partial charge in [-0.3, -0.25) is 9.88 Å². The number of benzene rings is 1. The maximum absolute atomic E-state index is 9.50. The van der Waals surface area contributed by atoms with Crippen LogP contribution in [-0.4, -0.2) is 60.2 Å². The highest BCUT2D eigenvalue weighted by atomic mass is 15.3. The molecule has 0 saturated carbocycles. The molecule has 2 unspecified atom stereocenters. The first-order valence-corrected chi connectivity index (χ1v) is 11.5. The molecule has 5 heterocycles. The van der Waals surface area contributed by atoms with E-state index in [0.29, 0.717) is 17.6 Å². The highest BCUT2D eigenvalue weighted by molar-refractivity contribution is 5.95. The lowest BCUT2D eigenvalue weighted by Gasteiger charge is -2.43. The third-order valence-corrected chi connectivity index (χ3v) is 7.18. The summed E-state index contributed by atoms with van der Waals surface area (Å²) >= 11 is 0. The van der Waals surface area contributed by atoms with Gasteiger partial charge in [-0.1, -0.05) is 6.07 Å². The van der Waals surface area contributed by atoms with Gasteiger partial charge in [0, 0.05) is 69.1 Å². The summed E-state index contributed by atoms with van der Waals surface area (Å²) < 4.78 is 0. The fourth-order valence-electron chi connectivity index (χ4n) is 5.56. The summed E-state index contributed by atoms with van der Waals surface area (Å²) in [5.41, 5.74) is 5.17. The molecule has 3 aliphatic heterocycles. The van der Waals surface area contributed by atoms with Crippen molar-refractivity contribution in [3.8, 4) is 6.07 Å². The van der Waals surface area contributed by atoms with E-state index in [0.717, 1.165) is 68.2 Å². The van der Waals surface area contributed by atoms with Gasteiger partial charge in [0.15, 0.2) is 0 Å². The van der Waals surface area contributed by atoms with Crippen LogP contribution < -0.4 is 15.1 Å². The van der Waals surface area contributed by atoms with Crippen molar-refractivity contribution in [3.63, 3.8) is 0 Å². The average molecular weight is 426 g/mol. The fourth-order valence-corrected chi connectivity index (χ4v) is 5.56. The van der Waals surface area contributed by atoms with Crippen LogP contribution in [0.15, 0.2) is 42.6 Å². The minimum Gasteiger partial charge on any atom is -0.368 e. The normalized spacial score (nSPS) is 23.1. The van der Waals surface area contributed by atoms with Gasteiger partial charge in [0.2, 0.25) is 0 Å². The standard InChI is InChI=1S/C25H27N7/c1-17-14-31(22-6-4-18(13-26)25-20(22)3-2-8-28-25)16-23-19-5-7-24(29-21(19)15-32(17)23)30-11-9-27-10-12-30/h2-8,17,23,27H,9-12,14-16H2,1H3. The quantitative estimate of drug-likeness (QED) is 0.677. The molecule has 2 atom stereocenters. The van der Waals surface area contributed by atoms with Gasteiger partial charge >= 0.3 is 0 Å². The fraction of sp³-hybridized carbons (Fsp3) is 0.400. The van der Waals surface area contributed by atoms with Gasteiger partial charge in [0.25, 0.3) is 0 Å². The Morgan fingerprint density at radius 2 is 1.94 bits per heavy atom. The number of hydrogen-bond acceptors (Lipinski definition) is 7. The molecule has 1 aromatic carbocycles. The van der Waals surface area contributed by atoms with Crippen molar-refractivity contribution in [2.24, 2.45) is 0 Å². The molecule has 3 aromatic rings. The maximum atomic E-state index is 9.50. The molecular formula is C25H27N7. The van der Waals surface area contributed by atoms with Crippen molar-refractivity contribution in [1.29, 1.82) is 5.26 Å². The summed E-state index contributed by atoms with van der Waals surface area (Å²) in [4.78, 5) is 17.1. The molecule has 0 amide bonds. The number of nitrogens with zero attached hydrogens (tertiary/aromatic N) is 6. The first-order valence-electron chi connectivity index (χ1n) is 11.5. The third kappa shape index (κ3) is 3.10. The number of nitrogens with one attached hydrogen (secondary N) is 1. The molecule has 0 bridgehead atoms. The zero-order chi connectivity index (χ0) is 21.7. The minimum absolute atomic E-state index is 0.334. The molecule has 1 N–H and O–H groups in total. The first-order chi connectivity index (χ1) is 15.7. The number of piperazine rings is 2. The Morgan fingerprint density at radius 1 is 1.06 bits per heavy atom. The molecule has 162 valence electrons. The predicted molar refractivity (Wildman–Crippen MR) is 126 cm³/mol. The summed E-state index contributed by atoms with van der Waals surface area (Å²) in [6.07, 6.45) is 1.77. The second-order valence-corrected chi connectivity index (χ2v) is 9.03. The highest BCUT2D eigenvalue weighted by Crippen LogP contribution is 2.41. The number of pyridine rings is 2. The van der Waals surface area contributed by atoms with Crippen molar-refractivity contribution >= 4 is 22.4 Å². The summed E-state index contributed by atoms with van der Waals surface area (Å²) in [6, 6.07) is 15.6. The van der Waals surface area contributed by atoms with Crippen molar-refractivity contribution < 1.29 is 0 Å². The Morgan fingerprint density at radius 3 is 2.78 bits per heavy atom. The Hall–Kier alpha value is -3.21. The minimum atomic E-state index is 0.334. The Balaban J connectivity index is 1.33. The van der Waals surface area contributed by atoms with E-state index in [4.69, 9.17) is 4.98 Å². The lowest BCUT2D eigenvalue weighted by atomic mass is 10.0. The first kappa shape index (κ1) is 19.5. The molecule has 7 nitrogen and oxygen atoms in total. The van der Waals surface area contributed by atoms with Gasteiger partial charge in [0.05, 0.1) is 22.8 Å². The highest BCUT2D eigenvalue weighted by Gasteiger charge is 2.40. The molecule has 2 aromatic heterocycles. The summed E-state index contributed by atoms with van der Waals surface area (Å²) in [7, 11) is 0. The van der Waals surface area contributed by atoms with Crippen molar-refractivity contribution in [3.05, 3.63) is 59.4 Å². The molecule has 0 aliphatic carbocycles.